The van der Waals surface area contributed by atoms with E-state index in [4.69, 9.17) is 11.6 Å². The Bertz CT molecular complexity index is 617. The summed E-state index contributed by atoms with van der Waals surface area (Å²) >= 11 is 5.78. The zero-order chi connectivity index (χ0) is 12.6. The van der Waals surface area contributed by atoms with Gasteiger partial charge in [0.05, 0.1) is 5.69 Å². The zero-order valence-electron chi connectivity index (χ0n) is 9.34. The Morgan fingerprint density at radius 2 is 1.94 bits per heavy atom. The highest BCUT2D eigenvalue weighted by Crippen LogP contribution is 2.25. The van der Waals surface area contributed by atoms with Crippen LogP contribution in [0.4, 0.5) is 4.39 Å². The largest absolute Gasteiger partial charge is 0.268 e. The number of hydrogen-bond donors (Lipinski definition) is 1. The van der Waals surface area contributed by atoms with Gasteiger partial charge in [0.2, 0.25) is 0 Å². The first-order valence-electron chi connectivity index (χ1n) is 5.01. The van der Waals surface area contributed by atoms with Gasteiger partial charge in [-0.2, -0.15) is 5.10 Å². The Morgan fingerprint density at radius 1 is 1.24 bits per heavy atom. The van der Waals surface area contributed by atoms with Crippen molar-refractivity contribution in [2.75, 3.05) is 0 Å². The lowest BCUT2D eigenvalue weighted by atomic mass is 10.0. The standard InChI is InChI=1S/C12H10ClFN2O/c1-6-7(2)12(17)16-15-11(6)8-3-9(13)5-10(14)4-8/h3-5H,1-2H3,(H,16,17). The third kappa shape index (κ3) is 2.22. The predicted octanol–water partition coefficient (Wildman–Crippen LogP) is 2.85. The molecule has 0 radical (unpaired) electrons. The molecule has 0 aliphatic heterocycles. The molecule has 0 amide bonds. The summed E-state index contributed by atoms with van der Waals surface area (Å²) in [5.41, 5.74) is 2.12. The Kier molecular flexibility index (Phi) is 2.98. The van der Waals surface area contributed by atoms with Crippen molar-refractivity contribution in [3.8, 4) is 11.3 Å². The molecule has 0 unspecified atom stereocenters. The number of aromatic amines is 1. The van der Waals surface area contributed by atoms with Crippen LogP contribution in [-0.2, 0) is 0 Å². The maximum Gasteiger partial charge on any atom is 0.267 e. The van der Waals surface area contributed by atoms with E-state index >= 15 is 0 Å². The molecule has 0 atom stereocenters. The average molecular weight is 253 g/mol. The fourth-order valence-corrected chi connectivity index (χ4v) is 1.82. The Balaban J connectivity index is 2.69. The number of nitrogens with one attached hydrogen (secondary N) is 1. The van der Waals surface area contributed by atoms with Crippen LogP contribution < -0.4 is 5.56 Å². The lowest BCUT2D eigenvalue weighted by Gasteiger charge is -2.07. The number of rotatable bonds is 1. The second kappa shape index (κ2) is 4.30. The molecule has 0 saturated carbocycles. The van der Waals surface area contributed by atoms with E-state index in [1.165, 1.54) is 12.1 Å². The lowest BCUT2D eigenvalue weighted by molar-refractivity contribution is 0.628. The van der Waals surface area contributed by atoms with Crippen LogP contribution in [0.15, 0.2) is 23.0 Å². The fraction of sp³-hybridized carbons (Fsp3) is 0.167. The molecule has 1 aromatic carbocycles. The van der Waals surface area contributed by atoms with Gasteiger partial charge in [0.15, 0.2) is 0 Å². The van der Waals surface area contributed by atoms with E-state index in [1.54, 1.807) is 19.9 Å². The van der Waals surface area contributed by atoms with Gasteiger partial charge in [-0.25, -0.2) is 9.49 Å². The summed E-state index contributed by atoms with van der Waals surface area (Å²) in [6.07, 6.45) is 0. The first kappa shape index (κ1) is 11.8. The van der Waals surface area contributed by atoms with Crippen molar-refractivity contribution in [1.82, 2.24) is 10.2 Å². The van der Waals surface area contributed by atoms with Crippen LogP contribution in [0, 0.1) is 19.7 Å². The lowest BCUT2D eigenvalue weighted by Crippen LogP contribution is -2.14. The first-order valence-corrected chi connectivity index (χ1v) is 5.39. The molecular formula is C12H10ClFN2O. The molecule has 0 aliphatic rings. The molecule has 88 valence electrons. The summed E-state index contributed by atoms with van der Waals surface area (Å²) in [6.45, 7) is 3.46. The van der Waals surface area contributed by atoms with E-state index in [1.807, 2.05) is 0 Å². The van der Waals surface area contributed by atoms with Crippen molar-refractivity contribution in [2.24, 2.45) is 0 Å². The van der Waals surface area contributed by atoms with Crippen LogP contribution in [0.1, 0.15) is 11.1 Å². The maximum atomic E-state index is 13.2. The minimum atomic E-state index is -0.433. The monoisotopic (exact) mass is 252 g/mol. The summed E-state index contributed by atoms with van der Waals surface area (Å²) in [7, 11) is 0. The van der Waals surface area contributed by atoms with Crippen molar-refractivity contribution in [1.29, 1.82) is 0 Å². The molecule has 0 bridgehead atoms. The van der Waals surface area contributed by atoms with Gasteiger partial charge < -0.3 is 0 Å². The summed E-state index contributed by atoms with van der Waals surface area (Å²) < 4.78 is 13.2. The molecular weight excluding hydrogens is 243 g/mol. The number of nitrogens with zero attached hydrogens (tertiary/aromatic N) is 1. The highest BCUT2D eigenvalue weighted by Gasteiger charge is 2.10. The molecule has 1 heterocycles. The van der Waals surface area contributed by atoms with Gasteiger partial charge in [-0.05, 0) is 37.6 Å². The number of H-pyrrole nitrogens is 1. The topological polar surface area (TPSA) is 45.8 Å². The fourth-order valence-electron chi connectivity index (χ4n) is 1.59. The highest BCUT2D eigenvalue weighted by molar-refractivity contribution is 6.30. The normalized spacial score (nSPS) is 10.6. The van der Waals surface area contributed by atoms with Crippen molar-refractivity contribution >= 4 is 11.6 Å². The molecule has 1 N–H and O–H groups in total. The molecule has 2 rings (SSSR count). The summed E-state index contributed by atoms with van der Waals surface area (Å²) in [5.74, 6) is -0.433. The van der Waals surface area contributed by atoms with E-state index in [0.717, 1.165) is 5.56 Å². The van der Waals surface area contributed by atoms with Crippen LogP contribution in [0.5, 0.6) is 0 Å². The second-order valence-corrected chi connectivity index (χ2v) is 4.25. The SMILES string of the molecule is Cc1c(-c2cc(F)cc(Cl)c2)n[nH]c(=O)c1C. The van der Waals surface area contributed by atoms with Crippen molar-refractivity contribution in [2.45, 2.75) is 13.8 Å². The van der Waals surface area contributed by atoms with Gasteiger partial charge in [0.1, 0.15) is 5.82 Å². The first-order chi connectivity index (χ1) is 7.99. The molecule has 0 fully saturated rings. The van der Waals surface area contributed by atoms with Gasteiger partial charge in [-0.1, -0.05) is 11.6 Å². The van der Waals surface area contributed by atoms with Gasteiger partial charge in [-0.15, -0.1) is 0 Å². The second-order valence-electron chi connectivity index (χ2n) is 3.81. The minimum Gasteiger partial charge on any atom is -0.268 e. The minimum absolute atomic E-state index is 0.242. The van der Waals surface area contributed by atoms with E-state index in [2.05, 4.69) is 10.2 Å². The van der Waals surface area contributed by atoms with Crippen LogP contribution >= 0.6 is 11.6 Å². The van der Waals surface area contributed by atoms with Crippen LogP contribution in [0.25, 0.3) is 11.3 Å². The van der Waals surface area contributed by atoms with Gasteiger partial charge in [-0.3, -0.25) is 4.79 Å². The van der Waals surface area contributed by atoms with Gasteiger partial charge >= 0.3 is 0 Å². The predicted molar refractivity (Wildman–Crippen MR) is 64.7 cm³/mol. The molecule has 0 aliphatic carbocycles. The van der Waals surface area contributed by atoms with Crippen LogP contribution in [0.2, 0.25) is 5.02 Å². The average Bonchev–Trinajstić information content (AvgIpc) is 2.24. The quantitative estimate of drug-likeness (QED) is 0.848. The molecule has 17 heavy (non-hydrogen) atoms. The summed E-state index contributed by atoms with van der Waals surface area (Å²) in [5, 5.41) is 6.60. The zero-order valence-corrected chi connectivity index (χ0v) is 10.1. The number of aromatic nitrogens is 2. The molecule has 0 saturated heterocycles. The van der Waals surface area contributed by atoms with Crippen molar-refractivity contribution < 1.29 is 4.39 Å². The Labute approximate surface area is 102 Å². The van der Waals surface area contributed by atoms with E-state index in [0.29, 0.717) is 21.8 Å². The maximum absolute atomic E-state index is 13.2. The van der Waals surface area contributed by atoms with E-state index in [-0.39, 0.29) is 5.56 Å². The third-order valence-electron chi connectivity index (χ3n) is 2.66. The molecule has 0 spiro atoms. The molecule has 5 heteroatoms. The van der Waals surface area contributed by atoms with Crippen molar-refractivity contribution in [3.63, 3.8) is 0 Å². The number of halogens is 2. The number of benzene rings is 1. The van der Waals surface area contributed by atoms with Gasteiger partial charge in [0.25, 0.3) is 5.56 Å². The Morgan fingerprint density at radius 3 is 2.59 bits per heavy atom. The van der Waals surface area contributed by atoms with Crippen LogP contribution in [0.3, 0.4) is 0 Å². The third-order valence-corrected chi connectivity index (χ3v) is 2.88. The Hall–Kier alpha value is -1.68. The van der Waals surface area contributed by atoms with Crippen molar-refractivity contribution in [3.05, 3.63) is 50.5 Å². The smallest absolute Gasteiger partial charge is 0.267 e. The molecule has 1 aromatic heterocycles. The van der Waals surface area contributed by atoms with Gasteiger partial charge in [0, 0.05) is 16.1 Å². The van der Waals surface area contributed by atoms with Crippen LogP contribution in [-0.4, -0.2) is 10.2 Å². The molecule has 3 nitrogen and oxygen atoms in total. The molecule has 2 aromatic rings. The van der Waals surface area contributed by atoms with E-state index in [9.17, 15) is 9.18 Å². The summed E-state index contributed by atoms with van der Waals surface area (Å²) in [6, 6.07) is 4.16. The van der Waals surface area contributed by atoms with E-state index < -0.39 is 5.82 Å². The highest BCUT2D eigenvalue weighted by atomic mass is 35.5. The number of hydrogen-bond acceptors (Lipinski definition) is 2. The summed E-state index contributed by atoms with van der Waals surface area (Å²) in [4.78, 5) is 11.3.